The highest BCUT2D eigenvalue weighted by atomic mass is 35.5. The van der Waals surface area contributed by atoms with Crippen molar-refractivity contribution in [1.82, 2.24) is 9.80 Å². The van der Waals surface area contributed by atoms with Crippen LogP contribution in [-0.2, 0) is 0 Å². The maximum atomic E-state index is 13.0. The molecule has 0 aliphatic carbocycles. The van der Waals surface area contributed by atoms with Crippen LogP contribution in [0.5, 0.6) is 0 Å². The fraction of sp³-hybridized carbons (Fsp3) is 0.421. The first-order chi connectivity index (χ1) is 12.0. The van der Waals surface area contributed by atoms with Crippen molar-refractivity contribution in [1.29, 1.82) is 0 Å². The lowest BCUT2D eigenvalue weighted by Gasteiger charge is -2.34. The molecule has 2 aliphatic rings. The molecule has 1 saturated heterocycles. The van der Waals surface area contributed by atoms with Crippen molar-refractivity contribution in [3.63, 3.8) is 0 Å². The number of allylic oxidation sites excluding steroid dienone is 2. The van der Waals surface area contributed by atoms with E-state index in [1.807, 2.05) is 12.2 Å². The summed E-state index contributed by atoms with van der Waals surface area (Å²) in [6.45, 7) is 4.15. The maximum absolute atomic E-state index is 13.0. The predicted molar refractivity (Wildman–Crippen MR) is 97.7 cm³/mol. The van der Waals surface area contributed by atoms with Crippen molar-refractivity contribution in [2.24, 2.45) is 11.7 Å². The molecule has 134 valence electrons. The van der Waals surface area contributed by atoms with E-state index in [2.05, 4.69) is 9.80 Å². The normalized spacial score (nSPS) is 19.5. The smallest absolute Gasteiger partial charge is 0.166 e. The van der Waals surface area contributed by atoms with E-state index in [1.54, 1.807) is 12.1 Å². The van der Waals surface area contributed by atoms with Crippen LogP contribution in [0.2, 0.25) is 0 Å². The third kappa shape index (κ3) is 4.61. The second-order valence-corrected chi connectivity index (χ2v) is 7.03. The number of hydrogen-bond donors (Lipinski definition) is 1. The van der Waals surface area contributed by atoms with Gasteiger partial charge in [0.1, 0.15) is 11.0 Å². The van der Waals surface area contributed by atoms with Crippen LogP contribution in [0.3, 0.4) is 0 Å². The number of nitrogens with zero attached hydrogens (tertiary/aromatic N) is 2. The second kappa shape index (κ2) is 8.02. The molecule has 0 radical (unpaired) electrons. The van der Waals surface area contributed by atoms with Crippen molar-refractivity contribution in [3.8, 4) is 0 Å². The molecule has 6 heteroatoms. The number of benzene rings is 1. The molecule has 2 heterocycles. The highest BCUT2D eigenvalue weighted by molar-refractivity contribution is 6.29. The van der Waals surface area contributed by atoms with Gasteiger partial charge in [0.2, 0.25) is 0 Å². The van der Waals surface area contributed by atoms with Gasteiger partial charge in [-0.3, -0.25) is 4.79 Å². The molecule has 1 aromatic rings. The summed E-state index contributed by atoms with van der Waals surface area (Å²) in [7, 11) is 0. The lowest BCUT2D eigenvalue weighted by Crippen LogP contribution is -2.41. The average Bonchev–Trinajstić information content (AvgIpc) is 2.63. The first-order valence-corrected chi connectivity index (χ1v) is 8.99. The summed E-state index contributed by atoms with van der Waals surface area (Å²) >= 11 is 6.21. The monoisotopic (exact) mass is 363 g/mol. The highest BCUT2D eigenvalue weighted by Crippen LogP contribution is 2.22. The third-order valence-electron chi connectivity index (χ3n) is 4.88. The van der Waals surface area contributed by atoms with Crippen molar-refractivity contribution in [3.05, 3.63) is 58.7 Å². The second-order valence-electron chi connectivity index (χ2n) is 6.64. The minimum atomic E-state index is -0.313. The summed E-state index contributed by atoms with van der Waals surface area (Å²) in [5.41, 5.74) is 7.27. The van der Waals surface area contributed by atoms with Crippen LogP contribution in [0.25, 0.3) is 0 Å². The topological polar surface area (TPSA) is 49.6 Å². The van der Waals surface area contributed by atoms with Crippen LogP contribution in [0.1, 0.15) is 23.2 Å². The molecule has 0 saturated carbocycles. The molecule has 2 N–H and O–H groups in total. The molecule has 4 nitrogen and oxygen atoms in total. The van der Waals surface area contributed by atoms with Crippen molar-refractivity contribution in [2.75, 3.05) is 32.7 Å². The lowest BCUT2D eigenvalue weighted by atomic mass is 9.89. The summed E-state index contributed by atoms with van der Waals surface area (Å²) < 4.78 is 13.0. The first kappa shape index (κ1) is 18.0. The van der Waals surface area contributed by atoms with Gasteiger partial charge in [0, 0.05) is 30.3 Å². The van der Waals surface area contributed by atoms with E-state index in [9.17, 15) is 9.18 Å². The number of Topliss-reactive ketones (excluding diaryl/α,β-unsaturated/α-hetero) is 1. The third-order valence-corrected chi connectivity index (χ3v) is 5.25. The zero-order chi connectivity index (χ0) is 17.8. The van der Waals surface area contributed by atoms with Crippen molar-refractivity contribution < 1.29 is 9.18 Å². The van der Waals surface area contributed by atoms with Gasteiger partial charge in [-0.25, -0.2) is 4.39 Å². The lowest BCUT2D eigenvalue weighted by molar-refractivity contribution is 0.0834. The molecule has 25 heavy (non-hydrogen) atoms. The summed E-state index contributed by atoms with van der Waals surface area (Å²) in [6, 6.07) is 5.84. The van der Waals surface area contributed by atoms with Gasteiger partial charge < -0.3 is 15.5 Å². The van der Waals surface area contributed by atoms with Crippen LogP contribution < -0.4 is 5.73 Å². The molecular weight excluding hydrogens is 341 g/mol. The summed E-state index contributed by atoms with van der Waals surface area (Å²) in [5.74, 6) is -0.161. The number of likely N-dealkylation sites (tertiary alicyclic amines) is 1. The van der Waals surface area contributed by atoms with E-state index < -0.39 is 0 Å². The van der Waals surface area contributed by atoms with Crippen molar-refractivity contribution in [2.45, 2.75) is 12.8 Å². The van der Waals surface area contributed by atoms with Crippen LogP contribution in [0, 0.1) is 11.7 Å². The van der Waals surface area contributed by atoms with Crippen LogP contribution in [0.4, 0.5) is 4.39 Å². The number of halogens is 2. The fourth-order valence-electron chi connectivity index (χ4n) is 3.35. The maximum Gasteiger partial charge on any atom is 0.166 e. The number of carbonyl (C=O) groups is 1. The van der Waals surface area contributed by atoms with Crippen LogP contribution in [-0.4, -0.2) is 48.3 Å². The van der Waals surface area contributed by atoms with Gasteiger partial charge in [0.25, 0.3) is 0 Å². The largest absolute Gasteiger partial charge is 0.401 e. The fourth-order valence-corrected chi connectivity index (χ4v) is 3.55. The predicted octanol–water partition coefficient (Wildman–Crippen LogP) is 2.96. The summed E-state index contributed by atoms with van der Waals surface area (Å²) in [4.78, 5) is 16.9. The SMILES string of the molecule is NC1=CC=C(Cl)N(CCN2CCC(C(=O)c3ccc(F)cc3)CC2)C1. The van der Waals surface area contributed by atoms with Gasteiger partial charge in [-0.1, -0.05) is 11.6 Å². The molecule has 0 atom stereocenters. The molecule has 3 rings (SSSR count). The van der Waals surface area contributed by atoms with Crippen LogP contribution in [0.15, 0.2) is 47.3 Å². The molecule has 0 spiro atoms. The minimum absolute atomic E-state index is 0.0266. The Balaban J connectivity index is 1.46. The first-order valence-electron chi connectivity index (χ1n) is 8.62. The Morgan fingerprint density at radius 1 is 1.16 bits per heavy atom. The van der Waals surface area contributed by atoms with Gasteiger partial charge in [-0.15, -0.1) is 0 Å². The quantitative estimate of drug-likeness (QED) is 0.645. The van der Waals surface area contributed by atoms with E-state index in [1.165, 1.54) is 12.1 Å². The molecule has 0 amide bonds. The Morgan fingerprint density at radius 3 is 2.52 bits per heavy atom. The number of piperidine rings is 1. The molecule has 2 aliphatic heterocycles. The van der Waals surface area contributed by atoms with Gasteiger partial charge in [-0.2, -0.15) is 0 Å². The Hall–Kier alpha value is -1.85. The van der Waals surface area contributed by atoms with Crippen LogP contribution >= 0.6 is 11.6 Å². The minimum Gasteiger partial charge on any atom is -0.401 e. The molecule has 0 aromatic heterocycles. The van der Waals surface area contributed by atoms with Crippen molar-refractivity contribution >= 4 is 17.4 Å². The molecule has 0 unspecified atom stereocenters. The van der Waals surface area contributed by atoms with E-state index in [4.69, 9.17) is 17.3 Å². The zero-order valence-electron chi connectivity index (χ0n) is 14.1. The van der Waals surface area contributed by atoms with E-state index in [0.717, 1.165) is 49.9 Å². The summed E-state index contributed by atoms with van der Waals surface area (Å²) in [5, 5.41) is 0.718. The molecular formula is C19H23ClFN3O. The van der Waals surface area contributed by atoms with E-state index in [-0.39, 0.29) is 17.5 Å². The summed E-state index contributed by atoms with van der Waals surface area (Å²) in [6.07, 6.45) is 5.34. The Kier molecular flexibility index (Phi) is 5.76. The number of hydrogen-bond acceptors (Lipinski definition) is 4. The highest BCUT2D eigenvalue weighted by Gasteiger charge is 2.26. The van der Waals surface area contributed by atoms with E-state index in [0.29, 0.717) is 12.1 Å². The number of carbonyl (C=O) groups excluding carboxylic acids is 1. The van der Waals surface area contributed by atoms with Gasteiger partial charge >= 0.3 is 0 Å². The molecule has 0 bridgehead atoms. The molecule has 1 aromatic carbocycles. The standard InChI is InChI=1S/C19H23ClFN3O/c20-18-6-5-17(22)13-24(18)12-11-23-9-7-15(8-10-23)19(25)14-1-3-16(21)4-2-14/h1-6,15H,7-13,22H2. The number of nitrogens with two attached hydrogens (primary N) is 1. The number of rotatable bonds is 5. The Labute approximate surface area is 152 Å². The zero-order valence-corrected chi connectivity index (χ0v) is 14.9. The van der Waals surface area contributed by atoms with Gasteiger partial charge in [0.15, 0.2) is 5.78 Å². The Morgan fingerprint density at radius 2 is 1.84 bits per heavy atom. The number of ketones is 1. The molecule has 1 fully saturated rings. The Bertz CT molecular complexity index is 678. The van der Waals surface area contributed by atoms with Gasteiger partial charge in [-0.05, 0) is 62.3 Å². The van der Waals surface area contributed by atoms with E-state index >= 15 is 0 Å². The average molecular weight is 364 g/mol. The van der Waals surface area contributed by atoms with Gasteiger partial charge in [0.05, 0.1) is 6.54 Å².